The van der Waals surface area contributed by atoms with Crippen LogP contribution in [-0.4, -0.2) is 16.7 Å². The van der Waals surface area contributed by atoms with Gasteiger partial charge in [-0.2, -0.15) is 4.98 Å². The molecule has 0 spiro atoms. The number of aromatic nitrogens is 2. The predicted octanol–water partition coefficient (Wildman–Crippen LogP) is 2.11. The topological polar surface area (TPSA) is 64.9 Å². The molecule has 0 bridgehead atoms. The van der Waals surface area contributed by atoms with E-state index in [2.05, 4.69) is 10.1 Å². The van der Waals surface area contributed by atoms with E-state index >= 15 is 0 Å². The highest BCUT2D eigenvalue weighted by Gasteiger charge is 2.26. The summed E-state index contributed by atoms with van der Waals surface area (Å²) in [6.45, 7) is 4.17. The van der Waals surface area contributed by atoms with Gasteiger partial charge in [-0.1, -0.05) is 17.3 Å². The summed E-state index contributed by atoms with van der Waals surface area (Å²) in [5, 5.41) is 3.78. The third kappa shape index (κ3) is 2.19. The third-order valence-electron chi connectivity index (χ3n) is 2.63. The van der Waals surface area contributed by atoms with Crippen molar-refractivity contribution < 1.29 is 8.91 Å². The highest BCUT2D eigenvalue weighted by atomic mass is 19.1. The molecule has 1 aromatic carbocycles. The highest BCUT2D eigenvalue weighted by molar-refractivity contribution is 5.54. The number of halogens is 1. The van der Waals surface area contributed by atoms with Gasteiger partial charge in [0.05, 0.1) is 11.0 Å². The minimum absolute atomic E-state index is 0.250. The van der Waals surface area contributed by atoms with E-state index in [0.717, 1.165) is 0 Å². The van der Waals surface area contributed by atoms with Crippen molar-refractivity contribution in [3.05, 3.63) is 36.0 Å². The van der Waals surface area contributed by atoms with Crippen LogP contribution in [0, 0.1) is 5.82 Å². The van der Waals surface area contributed by atoms with Crippen molar-refractivity contribution in [1.29, 1.82) is 0 Å². The number of hydrogen-bond acceptors (Lipinski definition) is 4. The van der Waals surface area contributed by atoms with E-state index in [-0.39, 0.29) is 11.6 Å². The van der Waals surface area contributed by atoms with Crippen LogP contribution in [-0.2, 0) is 5.41 Å². The van der Waals surface area contributed by atoms with Crippen molar-refractivity contribution in [3.63, 3.8) is 0 Å². The summed E-state index contributed by atoms with van der Waals surface area (Å²) in [6, 6.07) is 6.31. The Labute approximate surface area is 98.6 Å². The van der Waals surface area contributed by atoms with E-state index in [9.17, 15) is 4.39 Å². The molecule has 1 aromatic heterocycles. The van der Waals surface area contributed by atoms with Gasteiger partial charge in [-0.25, -0.2) is 4.39 Å². The number of rotatable bonds is 3. The van der Waals surface area contributed by atoms with Gasteiger partial charge in [0.15, 0.2) is 0 Å². The van der Waals surface area contributed by atoms with Crippen LogP contribution in [0.1, 0.15) is 19.7 Å². The zero-order chi connectivity index (χ0) is 12.5. The minimum atomic E-state index is -0.406. The molecule has 2 rings (SSSR count). The fourth-order valence-corrected chi connectivity index (χ4v) is 1.34. The molecule has 4 nitrogen and oxygen atoms in total. The molecule has 0 aliphatic rings. The lowest BCUT2D eigenvalue weighted by molar-refractivity contribution is 0.311. The van der Waals surface area contributed by atoms with E-state index < -0.39 is 5.41 Å². The zero-order valence-corrected chi connectivity index (χ0v) is 9.77. The Morgan fingerprint density at radius 2 is 2.06 bits per heavy atom. The molecule has 17 heavy (non-hydrogen) atoms. The molecule has 2 aromatic rings. The molecular formula is C12H14FN3O. The van der Waals surface area contributed by atoms with E-state index in [4.69, 9.17) is 10.3 Å². The van der Waals surface area contributed by atoms with Gasteiger partial charge in [-0.15, -0.1) is 0 Å². The second kappa shape index (κ2) is 4.25. The molecular weight excluding hydrogens is 221 g/mol. The van der Waals surface area contributed by atoms with E-state index in [0.29, 0.717) is 18.0 Å². The van der Waals surface area contributed by atoms with Crippen LogP contribution in [0.5, 0.6) is 0 Å². The average molecular weight is 235 g/mol. The van der Waals surface area contributed by atoms with E-state index in [1.165, 1.54) is 6.07 Å². The fourth-order valence-electron chi connectivity index (χ4n) is 1.34. The van der Waals surface area contributed by atoms with Crippen molar-refractivity contribution >= 4 is 0 Å². The second-order valence-electron chi connectivity index (χ2n) is 4.49. The normalized spacial score (nSPS) is 11.8. The molecule has 5 heteroatoms. The molecule has 0 saturated carbocycles. The van der Waals surface area contributed by atoms with Gasteiger partial charge in [0.1, 0.15) is 5.82 Å². The Bertz CT molecular complexity index is 522. The first kappa shape index (κ1) is 11.7. The Morgan fingerprint density at radius 3 is 2.71 bits per heavy atom. The summed E-state index contributed by atoms with van der Waals surface area (Å²) in [7, 11) is 0. The van der Waals surface area contributed by atoms with E-state index in [1.54, 1.807) is 18.2 Å². The van der Waals surface area contributed by atoms with Crippen molar-refractivity contribution in [2.75, 3.05) is 6.54 Å². The van der Waals surface area contributed by atoms with Crippen LogP contribution < -0.4 is 5.73 Å². The Hall–Kier alpha value is -1.75. The van der Waals surface area contributed by atoms with Gasteiger partial charge >= 0.3 is 0 Å². The van der Waals surface area contributed by atoms with Gasteiger partial charge in [-0.05, 0) is 26.0 Å². The first-order valence-corrected chi connectivity index (χ1v) is 5.34. The summed E-state index contributed by atoms with van der Waals surface area (Å²) in [6.07, 6.45) is 0. The lowest BCUT2D eigenvalue weighted by Crippen LogP contribution is -2.28. The van der Waals surface area contributed by atoms with E-state index in [1.807, 2.05) is 13.8 Å². The van der Waals surface area contributed by atoms with Gasteiger partial charge in [0.2, 0.25) is 11.7 Å². The van der Waals surface area contributed by atoms with Gasteiger partial charge in [-0.3, -0.25) is 0 Å². The van der Waals surface area contributed by atoms with Crippen LogP contribution in [0.2, 0.25) is 0 Å². The van der Waals surface area contributed by atoms with Crippen LogP contribution in [0.15, 0.2) is 28.8 Å². The first-order valence-electron chi connectivity index (χ1n) is 5.34. The van der Waals surface area contributed by atoms with Crippen LogP contribution in [0.25, 0.3) is 11.4 Å². The molecule has 0 fully saturated rings. The van der Waals surface area contributed by atoms with Crippen molar-refractivity contribution in [2.45, 2.75) is 19.3 Å². The lowest BCUT2D eigenvalue weighted by atomic mass is 9.94. The molecule has 0 aliphatic carbocycles. The molecule has 0 saturated heterocycles. The molecule has 1 heterocycles. The number of benzene rings is 1. The average Bonchev–Trinajstić information content (AvgIpc) is 2.79. The SMILES string of the molecule is CC(C)(CN)c1nc(-c2ccccc2F)no1. The maximum atomic E-state index is 13.5. The third-order valence-corrected chi connectivity index (χ3v) is 2.63. The van der Waals surface area contributed by atoms with Crippen molar-refractivity contribution in [1.82, 2.24) is 10.1 Å². The minimum Gasteiger partial charge on any atom is -0.338 e. The number of nitrogens with two attached hydrogens (primary N) is 1. The molecule has 0 atom stereocenters. The molecule has 90 valence electrons. The van der Waals surface area contributed by atoms with Crippen molar-refractivity contribution in [3.8, 4) is 11.4 Å². The molecule has 2 N–H and O–H groups in total. The summed E-state index contributed by atoms with van der Waals surface area (Å²) in [5.41, 5.74) is 5.54. The molecule has 0 unspecified atom stereocenters. The summed E-state index contributed by atoms with van der Waals surface area (Å²) >= 11 is 0. The Kier molecular flexibility index (Phi) is 2.93. The van der Waals surface area contributed by atoms with Crippen LogP contribution in [0.3, 0.4) is 0 Å². The molecule has 0 aliphatic heterocycles. The Morgan fingerprint density at radius 1 is 1.35 bits per heavy atom. The number of nitrogens with zero attached hydrogens (tertiary/aromatic N) is 2. The maximum Gasteiger partial charge on any atom is 0.233 e. The summed E-state index contributed by atoms with van der Waals surface area (Å²) in [5.74, 6) is 0.295. The second-order valence-corrected chi connectivity index (χ2v) is 4.49. The molecule has 0 radical (unpaired) electrons. The Balaban J connectivity index is 2.40. The van der Waals surface area contributed by atoms with Crippen LogP contribution >= 0.6 is 0 Å². The summed E-state index contributed by atoms with van der Waals surface area (Å²) < 4.78 is 18.6. The van der Waals surface area contributed by atoms with Gasteiger partial charge in [0, 0.05) is 6.54 Å². The largest absolute Gasteiger partial charge is 0.338 e. The monoisotopic (exact) mass is 235 g/mol. The zero-order valence-electron chi connectivity index (χ0n) is 9.77. The van der Waals surface area contributed by atoms with Gasteiger partial charge < -0.3 is 10.3 Å². The predicted molar refractivity (Wildman–Crippen MR) is 61.8 cm³/mol. The highest BCUT2D eigenvalue weighted by Crippen LogP contribution is 2.24. The fraction of sp³-hybridized carbons (Fsp3) is 0.333. The quantitative estimate of drug-likeness (QED) is 0.884. The van der Waals surface area contributed by atoms with Crippen LogP contribution in [0.4, 0.5) is 4.39 Å². The smallest absolute Gasteiger partial charge is 0.233 e. The van der Waals surface area contributed by atoms with Crippen molar-refractivity contribution in [2.24, 2.45) is 5.73 Å². The van der Waals surface area contributed by atoms with Gasteiger partial charge in [0.25, 0.3) is 0 Å². The maximum absolute atomic E-state index is 13.5. The lowest BCUT2D eigenvalue weighted by Gasteiger charge is -2.15. The molecule has 0 amide bonds. The summed E-state index contributed by atoms with van der Waals surface area (Å²) in [4.78, 5) is 4.19. The number of hydrogen-bond donors (Lipinski definition) is 1. The first-order chi connectivity index (χ1) is 8.04. The standard InChI is InChI=1S/C12H14FN3O/c1-12(2,7-14)11-15-10(16-17-11)8-5-3-4-6-9(8)13/h3-6H,7,14H2,1-2H3.